The molecule has 0 bridgehead atoms. The second kappa shape index (κ2) is 9.52. The topological polar surface area (TPSA) is 84.2 Å². The van der Waals surface area contributed by atoms with E-state index in [1.807, 2.05) is 6.07 Å². The van der Waals surface area contributed by atoms with Crippen molar-refractivity contribution in [3.05, 3.63) is 22.7 Å². The molecular formula is C15H22BrN3O2. The molecule has 6 heteroatoms. The van der Waals surface area contributed by atoms with E-state index in [0.29, 0.717) is 24.3 Å². The Kier molecular flexibility index (Phi) is 8.00. The lowest BCUT2D eigenvalue weighted by Gasteiger charge is -2.12. The van der Waals surface area contributed by atoms with Gasteiger partial charge in [0.15, 0.2) is 0 Å². The van der Waals surface area contributed by atoms with Gasteiger partial charge in [0.25, 0.3) is 0 Å². The second-order valence-electron chi connectivity index (χ2n) is 4.87. The summed E-state index contributed by atoms with van der Waals surface area (Å²) in [7, 11) is 0. The van der Waals surface area contributed by atoms with Crippen molar-refractivity contribution in [2.45, 2.75) is 39.0 Å². The highest BCUT2D eigenvalue weighted by Gasteiger charge is 2.08. The van der Waals surface area contributed by atoms with Gasteiger partial charge in [-0.25, -0.2) is 0 Å². The number of anilines is 2. The average Bonchev–Trinajstić information content (AvgIpc) is 2.41. The zero-order valence-electron chi connectivity index (χ0n) is 12.2. The normalized spacial score (nSPS) is 10.2. The standard InChI is InChI=1S/C15H22BrN3O2/c1-11(20)18-13-8-7-12(16)10-14(13)19-15(21)6-4-2-3-5-9-17/h7-8,10H,2-6,9,17H2,1H3,(H,18,20)(H,19,21). The molecule has 116 valence electrons. The number of unbranched alkanes of at least 4 members (excludes halogenated alkanes) is 3. The molecule has 0 saturated carbocycles. The number of carbonyl (C=O) groups is 2. The van der Waals surface area contributed by atoms with E-state index in [2.05, 4.69) is 26.6 Å². The molecule has 2 amide bonds. The Bertz CT molecular complexity index is 492. The van der Waals surface area contributed by atoms with E-state index >= 15 is 0 Å². The van der Waals surface area contributed by atoms with Crippen LogP contribution in [-0.2, 0) is 9.59 Å². The summed E-state index contributed by atoms with van der Waals surface area (Å²) in [6.45, 7) is 2.13. The van der Waals surface area contributed by atoms with Gasteiger partial charge in [-0.2, -0.15) is 0 Å². The molecule has 0 heterocycles. The molecule has 0 spiro atoms. The van der Waals surface area contributed by atoms with Crippen molar-refractivity contribution in [2.75, 3.05) is 17.2 Å². The van der Waals surface area contributed by atoms with Crippen molar-refractivity contribution in [1.29, 1.82) is 0 Å². The molecule has 0 fully saturated rings. The lowest BCUT2D eigenvalue weighted by molar-refractivity contribution is -0.116. The Hall–Kier alpha value is -1.40. The molecule has 0 unspecified atom stereocenters. The van der Waals surface area contributed by atoms with Gasteiger partial charge in [0.1, 0.15) is 0 Å². The maximum Gasteiger partial charge on any atom is 0.224 e. The predicted molar refractivity (Wildman–Crippen MR) is 89.2 cm³/mol. The Morgan fingerprint density at radius 2 is 1.81 bits per heavy atom. The number of nitrogens with one attached hydrogen (secondary N) is 2. The minimum atomic E-state index is -0.172. The van der Waals surface area contributed by atoms with Gasteiger partial charge in [0.2, 0.25) is 11.8 Å². The summed E-state index contributed by atoms with van der Waals surface area (Å²) in [5.74, 6) is -0.220. The minimum Gasteiger partial charge on any atom is -0.330 e. The summed E-state index contributed by atoms with van der Waals surface area (Å²) in [6, 6.07) is 5.34. The number of hydrogen-bond donors (Lipinski definition) is 3. The van der Waals surface area contributed by atoms with Crippen molar-refractivity contribution in [3.63, 3.8) is 0 Å². The fourth-order valence-electron chi connectivity index (χ4n) is 1.91. The molecule has 0 aliphatic carbocycles. The first-order chi connectivity index (χ1) is 10.0. The third kappa shape index (κ3) is 7.24. The van der Waals surface area contributed by atoms with Gasteiger partial charge in [-0.1, -0.05) is 28.8 Å². The smallest absolute Gasteiger partial charge is 0.224 e. The van der Waals surface area contributed by atoms with Gasteiger partial charge in [0, 0.05) is 17.8 Å². The number of rotatable bonds is 8. The van der Waals surface area contributed by atoms with Crippen LogP contribution in [0.3, 0.4) is 0 Å². The van der Waals surface area contributed by atoms with Crippen LogP contribution in [0.2, 0.25) is 0 Å². The van der Waals surface area contributed by atoms with Gasteiger partial charge in [-0.05, 0) is 37.6 Å². The minimum absolute atomic E-state index is 0.0487. The molecule has 0 aliphatic heterocycles. The van der Waals surface area contributed by atoms with E-state index in [4.69, 9.17) is 5.73 Å². The Morgan fingerprint density at radius 3 is 2.48 bits per heavy atom. The fourth-order valence-corrected chi connectivity index (χ4v) is 2.28. The molecule has 21 heavy (non-hydrogen) atoms. The van der Waals surface area contributed by atoms with Crippen LogP contribution in [0, 0.1) is 0 Å². The lowest BCUT2D eigenvalue weighted by Crippen LogP contribution is -2.14. The Labute approximate surface area is 133 Å². The van der Waals surface area contributed by atoms with Gasteiger partial charge < -0.3 is 16.4 Å². The van der Waals surface area contributed by atoms with Gasteiger partial charge in [-0.3, -0.25) is 9.59 Å². The van der Waals surface area contributed by atoms with Crippen LogP contribution in [0.15, 0.2) is 22.7 Å². The van der Waals surface area contributed by atoms with Crippen molar-refractivity contribution in [3.8, 4) is 0 Å². The van der Waals surface area contributed by atoms with E-state index in [1.165, 1.54) is 6.92 Å². The fraction of sp³-hybridized carbons (Fsp3) is 0.467. The number of amides is 2. The zero-order valence-corrected chi connectivity index (χ0v) is 13.8. The molecule has 1 aromatic rings. The summed E-state index contributed by atoms with van der Waals surface area (Å²) in [4.78, 5) is 23.1. The highest BCUT2D eigenvalue weighted by Crippen LogP contribution is 2.26. The maximum atomic E-state index is 11.9. The summed E-state index contributed by atoms with van der Waals surface area (Å²) in [5.41, 5.74) is 6.63. The SMILES string of the molecule is CC(=O)Nc1ccc(Br)cc1NC(=O)CCCCCCN. The van der Waals surface area contributed by atoms with Crippen LogP contribution in [0.1, 0.15) is 39.0 Å². The Balaban J connectivity index is 2.54. The summed E-state index contributed by atoms with van der Waals surface area (Å²) >= 11 is 3.36. The van der Waals surface area contributed by atoms with E-state index in [-0.39, 0.29) is 11.8 Å². The molecule has 0 atom stereocenters. The number of halogens is 1. The molecule has 1 aromatic carbocycles. The zero-order chi connectivity index (χ0) is 15.7. The van der Waals surface area contributed by atoms with E-state index in [9.17, 15) is 9.59 Å². The van der Waals surface area contributed by atoms with Crippen molar-refractivity contribution < 1.29 is 9.59 Å². The molecule has 4 N–H and O–H groups in total. The average molecular weight is 356 g/mol. The highest BCUT2D eigenvalue weighted by atomic mass is 79.9. The largest absolute Gasteiger partial charge is 0.330 e. The lowest BCUT2D eigenvalue weighted by atomic mass is 10.1. The molecule has 1 rings (SSSR count). The van der Waals surface area contributed by atoms with Crippen LogP contribution >= 0.6 is 15.9 Å². The van der Waals surface area contributed by atoms with Gasteiger partial charge in [-0.15, -0.1) is 0 Å². The predicted octanol–water partition coefficient (Wildman–Crippen LogP) is 3.26. The third-order valence-corrected chi connectivity index (χ3v) is 3.42. The van der Waals surface area contributed by atoms with E-state index in [1.54, 1.807) is 12.1 Å². The molecule has 5 nitrogen and oxygen atoms in total. The van der Waals surface area contributed by atoms with E-state index < -0.39 is 0 Å². The summed E-state index contributed by atoms with van der Waals surface area (Å²) < 4.78 is 0.842. The molecule has 0 radical (unpaired) electrons. The van der Waals surface area contributed by atoms with Gasteiger partial charge in [0.05, 0.1) is 11.4 Å². The van der Waals surface area contributed by atoms with Crippen molar-refractivity contribution >= 4 is 39.1 Å². The first-order valence-corrected chi connectivity index (χ1v) is 7.89. The monoisotopic (exact) mass is 355 g/mol. The highest BCUT2D eigenvalue weighted by molar-refractivity contribution is 9.10. The third-order valence-electron chi connectivity index (χ3n) is 2.92. The quantitative estimate of drug-likeness (QED) is 0.625. The van der Waals surface area contributed by atoms with Crippen molar-refractivity contribution in [2.24, 2.45) is 5.73 Å². The summed E-state index contributed by atoms with van der Waals surface area (Å²) in [5, 5.41) is 5.54. The maximum absolute atomic E-state index is 11.9. The van der Waals surface area contributed by atoms with Crippen molar-refractivity contribution in [1.82, 2.24) is 0 Å². The van der Waals surface area contributed by atoms with Crippen LogP contribution in [0.25, 0.3) is 0 Å². The number of nitrogens with two attached hydrogens (primary N) is 1. The Morgan fingerprint density at radius 1 is 1.10 bits per heavy atom. The first kappa shape index (κ1) is 17.7. The van der Waals surface area contributed by atoms with Crippen LogP contribution in [0.4, 0.5) is 11.4 Å². The summed E-state index contributed by atoms with van der Waals surface area (Å²) in [6.07, 6.45) is 4.37. The van der Waals surface area contributed by atoms with Crippen LogP contribution in [0.5, 0.6) is 0 Å². The first-order valence-electron chi connectivity index (χ1n) is 7.10. The van der Waals surface area contributed by atoms with E-state index in [0.717, 1.165) is 30.2 Å². The second-order valence-corrected chi connectivity index (χ2v) is 5.79. The van der Waals surface area contributed by atoms with Gasteiger partial charge >= 0.3 is 0 Å². The number of hydrogen-bond acceptors (Lipinski definition) is 3. The molecule has 0 aromatic heterocycles. The number of carbonyl (C=O) groups excluding carboxylic acids is 2. The molecular weight excluding hydrogens is 334 g/mol. The van der Waals surface area contributed by atoms with Crippen LogP contribution < -0.4 is 16.4 Å². The number of benzene rings is 1. The molecule has 0 aliphatic rings. The molecule has 0 saturated heterocycles. The van der Waals surface area contributed by atoms with Crippen LogP contribution in [-0.4, -0.2) is 18.4 Å².